The van der Waals surface area contributed by atoms with E-state index in [4.69, 9.17) is 26.4 Å². The van der Waals surface area contributed by atoms with Gasteiger partial charge in [0.15, 0.2) is 11.5 Å². The molecule has 31 heavy (non-hydrogen) atoms. The number of aryl methyl sites for hydroxylation is 2. The molecular formula is C23H24BrNO4S2. The molecule has 0 bridgehead atoms. The molecule has 1 aliphatic heterocycles. The van der Waals surface area contributed by atoms with Crippen molar-refractivity contribution >= 4 is 56.2 Å². The zero-order valence-corrected chi connectivity index (χ0v) is 21.1. The Morgan fingerprint density at radius 3 is 2.35 bits per heavy atom. The number of hydrogen-bond acceptors (Lipinski definition) is 6. The van der Waals surface area contributed by atoms with E-state index < -0.39 is 0 Å². The summed E-state index contributed by atoms with van der Waals surface area (Å²) >= 11 is 10.1. The Balaban J connectivity index is 1.71. The van der Waals surface area contributed by atoms with E-state index in [1.165, 1.54) is 16.7 Å². The number of thioether (sulfide) groups is 1. The SMILES string of the molecule is CCOc1cc(C=C2SC(=S)N(C)C2=O)cc(Br)c1OCCOc1cc(C)cc(C)c1. The van der Waals surface area contributed by atoms with Gasteiger partial charge >= 0.3 is 0 Å². The van der Waals surface area contributed by atoms with Gasteiger partial charge in [0, 0.05) is 7.05 Å². The summed E-state index contributed by atoms with van der Waals surface area (Å²) in [6.45, 7) is 7.25. The van der Waals surface area contributed by atoms with E-state index in [-0.39, 0.29) is 5.91 Å². The Kier molecular flexibility index (Phi) is 8.02. The van der Waals surface area contributed by atoms with Gasteiger partial charge in [-0.2, -0.15) is 0 Å². The second-order valence-corrected chi connectivity index (χ2v) is 9.55. The van der Waals surface area contributed by atoms with E-state index in [1.807, 2.05) is 51.1 Å². The van der Waals surface area contributed by atoms with Crippen LogP contribution in [0.4, 0.5) is 0 Å². The minimum absolute atomic E-state index is 0.104. The second-order valence-electron chi connectivity index (χ2n) is 7.02. The number of hydrogen-bond donors (Lipinski definition) is 0. The molecule has 1 heterocycles. The Morgan fingerprint density at radius 1 is 1.06 bits per heavy atom. The molecule has 0 atom stereocenters. The van der Waals surface area contributed by atoms with Crippen molar-refractivity contribution in [3.05, 3.63) is 56.4 Å². The molecule has 0 radical (unpaired) electrons. The van der Waals surface area contributed by atoms with Crippen LogP contribution in [0.5, 0.6) is 17.2 Å². The summed E-state index contributed by atoms with van der Waals surface area (Å²) in [5, 5.41) is 0. The molecule has 0 spiro atoms. The third-order valence-electron chi connectivity index (χ3n) is 4.41. The molecule has 1 saturated heterocycles. The molecule has 1 aliphatic rings. The van der Waals surface area contributed by atoms with Crippen LogP contribution < -0.4 is 14.2 Å². The van der Waals surface area contributed by atoms with E-state index >= 15 is 0 Å². The van der Waals surface area contributed by atoms with Crippen LogP contribution in [-0.4, -0.2) is 42.0 Å². The molecule has 164 valence electrons. The zero-order valence-electron chi connectivity index (χ0n) is 17.9. The van der Waals surface area contributed by atoms with Gasteiger partial charge in [-0.15, -0.1) is 0 Å². The highest BCUT2D eigenvalue weighted by atomic mass is 79.9. The lowest BCUT2D eigenvalue weighted by atomic mass is 10.1. The van der Waals surface area contributed by atoms with Crippen molar-refractivity contribution in [2.75, 3.05) is 26.9 Å². The van der Waals surface area contributed by atoms with Crippen molar-refractivity contribution in [3.63, 3.8) is 0 Å². The van der Waals surface area contributed by atoms with E-state index in [0.717, 1.165) is 26.9 Å². The van der Waals surface area contributed by atoms with Crippen LogP contribution in [0, 0.1) is 13.8 Å². The molecule has 5 nitrogen and oxygen atoms in total. The van der Waals surface area contributed by atoms with Crippen LogP contribution >= 0.6 is 39.9 Å². The van der Waals surface area contributed by atoms with Crippen molar-refractivity contribution in [2.45, 2.75) is 20.8 Å². The van der Waals surface area contributed by atoms with Gasteiger partial charge in [0.25, 0.3) is 5.91 Å². The van der Waals surface area contributed by atoms with Gasteiger partial charge in [0.05, 0.1) is 16.0 Å². The lowest BCUT2D eigenvalue weighted by Gasteiger charge is -2.15. The van der Waals surface area contributed by atoms with Crippen molar-refractivity contribution in [3.8, 4) is 17.2 Å². The number of amides is 1. The molecule has 1 amide bonds. The minimum atomic E-state index is -0.104. The summed E-state index contributed by atoms with van der Waals surface area (Å²) in [5.41, 5.74) is 3.14. The Hall–Kier alpha value is -2.03. The molecule has 1 fully saturated rings. The number of carbonyl (C=O) groups is 1. The third kappa shape index (κ3) is 6.02. The first-order valence-corrected chi connectivity index (χ1v) is 11.8. The molecule has 0 unspecified atom stereocenters. The summed E-state index contributed by atoms with van der Waals surface area (Å²) in [5.74, 6) is 1.93. The summed E-state index contributed by atoms with van der Waals surface area (Å²) in [6.07, 6.45) is 1.81. The van der Waals surface area contributed by atoms with Gasteiger partial charge < -0.3 is 14.2 Å². The van der Waals surface area contributed by atoms with Crippen LogP contribution in [0.1, 0.15) is 23.6 Å². The predicted octanol–water partition coefficient (Wildman–Crippen LogP) is 5.75. The van der Waals surface area contributed by atoms with Gasteiger partial charge in [-0.3, -0.25) is 9.69 Å². The molecule has 8 heteroatoms. The molecule has 0 saturated carbocycles. The molecular weight excluding hydrogens is 498 g/mol. The lowest BCUT2D eigenvalue weighted by molar-refractivity contribution is -0.121. The van der Waals surface area contributed by atoms with Crippen LogP contribution in [0.3, 0.4) is 0 Å². The predicted molar refractivity (Wildman–Crippen MR) is 133 cm³/mol. The van der Waals surface area contributed by atoms with Gasteiger partial charge in [0.2, 0.25) is 0 Å². The first-order valence-electron chi connectivity index (χ1n) is 9.80. The molecule has 3 rings (SSSR count). The highest BCUT2D eigenvalue weighted by Gasteiger charge is 2.28. The topological polar surface area (TPSA) is 48.0 Å². The number of likely N-dealkylation sites (N-methyl/N-ethyl adjacent to an activating group) is 1. The van der Waals surface area contributed by atoms with E-state index in [9.17, 15) is 4.79 Å². The average molecular weight is 522 g/mol. The van der Waals surface area contributed by atoms with Gasteiger partial charge in [-0.05, 0) is 83.7 Å². The summed E-state index contributed by atoms with van der Waals surface area (Å²) in [4.78, 5) is 14.3. The van der Waals surface area contributed by atoms with E-state index in [1.54, 1.807) is 7.05 Å². The van der Waals surface area contributed by atoms with E-state index in [2.05, 4.69) is 22.0 Å². The number of carbonyl (C=O) groups excluding carboxylic acids is 1. The van der Waals surface area contributed by atoms with Crippen LogP contribution in [0.15, 0.2) is 39.7 Å². The fraction of sp³-hybridized carbons (Fsp3) is 0.304. The zero-order chi connectivity index (χ0) is 22.5. The molecule has 0 aliphatic carbocycles. The molecule has 0 aromatic heterocycles. The third-order valence-corrected chi connectivity index (χ3v) is 6.48. The van der Waals surface area contributed by atoms with E-state index in [0.29, 0.717) is 40.5 Å². The maximum atomic E-state index is 12.3. The van der Waals surface area contributed by atoms with Crippen molar-refractivity contribution < 1.29 is 19.0 Å². The molecule has 2 aromatic carbocycles. The fourth-order valence-electron chi connectivity index (χ4n) is 3.09. The average Bonchev–Trinajstić information content (AvgIpc) is 2.93. The largest absolute Gasteiger partial charge is 0.490 e. The standard InChI is InChI=1S/C23H24BrNO4S2/c1-5-27-19-12-16(13-20-22(26)25(4)23(30)31-20)11-18(24)21(19)29-7-6-28-17-9-14(2)8-15(3)10-17/h8-13H,5-7H2,1-4H3. The van der Waals surface area contributed by atoms with Crippen molar-refractivity contribution in [1.82, 2.24) is 4.90 Å². The maximum Gasteiger partial charge on any atom is 0.265 e. The number of thiocarbonyl (C=S) groups is 1. The van der Waals surface area contributed by atoms with Crippen LogP contribution in [0.25, 0.3) is 6.08 Å². The number of nitrogens with zero attached hydrogens (tertiary/aromatic N) is 1. The summed E-state index contributed by atoms with van der Waals surface area (Å²) in [6, 6.07) is 9.86. The van der Waals surface area contributed by atoms with Crippen LogP contribution in [0.2, 0.25) is 0 Å². The quantitative estimate of drug-likeness (QED) is 0.250. The summed E-state index contributed by atoms with van der Waals surface area (Å²) in [7, 11) is 1.68. The Labute approximate surface area is 200 Å². The monoisotopic (exact) mass is 521 g/mol. The highest BCUT2D eigenvalue weighted by Crippen LogP contribution is 2.39. The fourth-order valence-corrected chi connectivity index (χ4v) is 4.84. The number of benzene rings is 2. The van der Waals surface area contributed by atoms with Crippen molar-refractivity contribution in [1.29, 1.82) is 0 Å². The number of rotatable bonds is 8. The smallest absolute Gasteiger partial charge is 0.265 e. The second kappa shape index (κ2) is 10.5. The Morgan fingerprint density at radius 2 is 1.74 bits per heavy atom. The molecule has 2 aromatic rings. The summed E-state index contributed by atoms with van der Waals surface area (Å²) < 4.78 is 18.9. The van der Waals surface area contributed by atoms with Crippen LogP contribution in [-0.2, 0) is 4.79 Å². The van der Waals surface area contributed by atoms with Gasteiger partial charge in [0.1, 0.15) is 23.3 Å². The first-order chi connectivity index (χ1) is 14.8. The first kappa shape index (κ1) is 23.6. The number of ether oxygens (including phenoxy) is 3. The van der Waals surface area contributed by atoms with Gasteiger partial charge in [-0.1, -0.05) is 30.0 Å². The lowest BCUT2D eigenvalue weighted by Crippen LogP contribution is -2.22. The Bertz CT molecular complexity index is 1020. The maximum absolute atomic E-state index is 12.3. The van der Waals surface area contributed by atoms with Gasteiger partial charge in [-0.25, -0.2) is 0 Å². The van der Waals surface area contributed by atoms with Crippen molar-refractivity contribution in [2.24, 2.45) is 0 Å². The minimum Gasteiger partial charge on any atom is -0.490 e. The molecule has 0 N–H and O–H groups in total. The highest BCUT2D eigenvalue weighted by molar-refractivity contribution is 9.10. The number of halogens is 1. The normalized spacial score (nSPS) is 15.0.